The lowest BCUT2D eigenvalue weighted by molar-refractivity contribution is -0.137. The van der Waals surface area contributed by atoms with E-state index in [1.165, 1.54) is 19.2 Å². The zero-order chi connectivity index (χ0) is 22.1. The molecule has 0 amide bonds. The van der Waals surface area contributed by atoms with Gasteiger partial charge in [0.2, 0.25) is 0 Å². The highest BCUT2D eigenvalue weighted by Crippen LogP contribution is 2.38. The second-order valence-corrected chi connectivity index (χ2v) is 7.14. The summed E-state index contributed by atoms with van der Waals surface area (Å²) in [4.78, 5) is 17.5. The Balaban J connectivity index is 2.31. The molecule has 0 aliphatic heterocycles. The summed E-state index contributed by atoms with van der Waals surface area (Å²) in [6.45, 7) is 1.76. The van der Waals surface area contributed by atoms with Gasteiger partial charge in [0.15, 0.2) is 5.76 Å². The van der Waals surface area contributed by atoms with Crippen LogP contribution in [0, 0.1) is 0 Å². The fourth-order valence-electron chi connectivity index (χ4n) is 3.04. The van der Waals surface area contributed by atoms with Crippen molar-refractivity contribution in [2.24, 2.45) is 12.9 Å². The van der Waals surface area contributed by atoms with Crippen LogP contribution in [0.3, 0.4) is 0 Å². The number of benzene rings is 2. The molecular weight excluding hydrogens is 467 g/mol. The molecule has 0 spiro atoms. The Hall–Kier alpha value is -2.92. The molecule has 2 aromatic carbocycles. The van der Waals surface area contributed by atoms with Crippen LogP contribution < -0.4 is 11.6 Å². The number of alkyl halides is 3. The van der Waals surface area contributed by atoms with Gasteiger partial charge >= 0.3 is 11.9 Å². The first kappa shape index (κ1) is 21.8. The molecule has 0 bridgehead atoms. The minimum atomic E-state index is -4.50. The molecule has 3 rings (SSSR count). The smallest absolute Gasteiger partial charge is 0.410 e. The highest BCUT2D eigenvalue weighted by atomic mass is 79.9. The summed E-state index contributed by atoms with van der Waals surface area (Å²) in [7, 11) is 1.44. The van der Waals surface area contributed by atoms with Crippen molar-refractivity contribution in [1.29, 1.82) is 0 Å². The number of halogens is 4. The molecule has 11 heteroatoms. The second kappa shape index (κ2) is 8.44. The molecule has 0 aliphatic rings. The molecule has 2 N–H and O–H groups in total. The minimum absolute atomic E-state index is 0.108. The van der Waals surface area contributed by atoms with E-state index >= 15 is 0 Å². The molecule has 158 valence electrons. The number of tetrazole rings is 1. The predicted octanol–water partition coefficient (Wildman–Crippen LogP) is 3.92. The van der Waals surface area contributed by atoms with Crippen LogP contribution in [-0.4, -0.2) is 19.8 Å². The number of nitrogens with zero attached hydrogens (tertiary/aromatic N) is 4. The maximum atomic E-state index is 13.2. The van der Waals surface area contributed by atoms with E-state index in [1.54, 1.807) is 25.1 Å². The Labute approximate surface area is 177 Å². The van der Waals surface area contributed by atoms with Crippen LogP contribution in [0.15, 0.2) is 51.7 Å². The molecule has 0 atom stereocenters. The van der Waals surface area contributed by atoms with Gasteiger partial charge in [-0.05, 0) is 62.6 Å². The van der Waals surface area contributed by atoms with Crippen LogP contribution in [0.5, 0.6) is 0 Å². The molecule has 7 nitrogen and oxygen atoms in total. The van der Waals surface area contributed by atoms with Gasteiger partial charge in [0.05, 0.1) is 16.8 Å². The van der Waals surface area contributed by atoms with Crippen molar-refractivity contribution in [3.63, 3.8) is 0 Å². The normalized spacial score (nSPS) is 12.6. The molecule has 1 heterocycles. The fourth-order valence-corrected chi connectivity index (χ4v) is 3.57. The van der Waals surface area contributed by atoms with Gasteiger partial charge in [0.1, 0.15) is 0 Å². The van der Waals surface area contributed by atoms with Gasteiger partial charge < -0.3 is 4.84 Å². The first-order valence-corrected chi connectivity index (χ1v) is 9.54. The van der Waals surface area contributed by atoms with Crippen molar-refractivity contribution in [2.45, 2.75) is 19.5 Å². The van der Waals surface area contributed by atoms with Crippen LogP contribution in [0.4, 0.5) is 13.2 Å². The third kappa shape index (κ3) is 4.03. The van der Waals surface area contributed by atoms with E-state index in [2.05, 4.69) is 26.4 Å². The van der Waals surface area contributed by atoms with E-state index in [-0.39, 0.29) is 5.76 Å². The summed E-state index contributed by atoms with van der Waals surface area (Å²) in [6, 6.07) is 9.85. The lowest BCUT2D eigenvalue weighted by Gasteiger charge is -2.18. The van der Waals surface area contributed by atoms with Gasteiger partial charge in [0, 0.05) is 17.1 Å². The van der Waals surface area contributed by atoms with Crippen molar-refractivity contribution < 1.29 is 18.0 Å². The Morgan fingerprint density at radius 2 is 1.90 bits per heavy atom. The van der Waals surface area contributed by atoms with Gasteiger partial charge in [-0.25, -0.2) is 4.79 Å². The van der Waals surface area contributed by atoms with Crippen LogP contribution in [0.25, 0.3) is 17.0 Å². The molecule has 0 unspecified atom stereocenters. The van der Waals surface area contributed by atoms with Crippen LogP contribution in [0.2, 0.25) is 0 Å². The van der Waals surface area contributed by atoms with Crippen molar-refractivity contribution in [3.05, 3.63) is 74.1 Å². The van der Waals surface area contributed by atoms with Crippen molar-refractivity contribution in [3.8, 4) is 5.69 Å². The lowest BCUT2D eigenvalue weighted by Crippen LogP contribution is -2.23. The van der Waals surface area contributed by atoms with E-state index < -0.39 is 17.4 Å². The SMILES string of the molecule is CC/C(=C(\ON)c1c(Br)cccc1-n1nnn(C)c1=O)c1cccc(C(F)(F)F)c1. The van der Waals surface area contributed by atoms with Gasteiger partial charge in [-0.2, -0.15) is 28.4 Å². The zero-order valence-corrected chi connectivity index (χ0v) is 17.5. The molecular formula is C19H17BrF3N5O2. The Kier molecular flexibility index (Phi) is 6.13. The molecule has 0 radical (unpaired) electrons. The van der Waals surface area contributed by atoms with E-state index in [9.17, 15) is 18.0 Å². The van der Waals surface area contributed by atoms with Crippen LogP contribution >= 0.6 is 15.9 Å². The van der Waals surface area contributed by atoms with E-state index in [0.29, 0.717) is 33.3 Å². The standard InChI is InChI=1S/C19H17BrF3N5O2/c1-3-13(11-6-4-7-12(10-11)19(21,22)23)17(30-24)16-14(20)8-5-9-15(16)28-18(29)27(2)25-26-28/h4-10H,3,24H2,1-2H3/b17-13+. The third-order valence-electron chi connectivity index (χ3n) is 4.45. The monoisotopic (exact) mass is 483 g/mol. The molecule has 30 heavy (non-hydrogen) atoms. The summed E-state index contributed by atoms with van der Waals surface area (Å²) in [5.74, 6) is 5.68. The molecule has 1 aromatic heterocycles. The van der Waals surface area contributed by atoms with E-state index in [0.717, 1.165) is 21.5 Å². The van der Waals surface area contributed by atoms with E-state index in [4.69, 9.17) is 10.7 Å². The first-order chi connectivity index (χ1) is 14.2. The maximum Gasteiger partial charge on any atom is 0.416 e. The van der Waals surface area contributed by atoms with Gasteiger partial charge in [-0.15, -0.1) is 0 Å². The number of allylic oxidation sites excluding steroid dienone is 1. The van der Waals surface area contributed by atoms with Crippen LogP contribution in [0.1, 0.15) is 30.0 Å². The molecule has 0 saturated carbocycles. The predicted molar refractivity (Wildman–Crippen MR) is 108 cm³/mol. The van der Waals surface area contributed by atoms with Crippen LogP contribution in [-0.2, 0) is 18.1 Å². The number of rotatable bonds is 5. The van der Waals surface area contributed by atoms with Gasteiger partial charge in [0.25, 0.3) is 0 Å². The highest BCUT2D eigenvalue weighted by molar-refractivity contribution is 9.10. The number of aromatic nitrogens is 4. The van der Waals surface area contributed by atoms with Crippen molar-refractivity contribution >= 4 is 27.3 Å². The molecule has 3 aromatic rings. The highest BCUT2D eigenvalue weighted by Gasteiger charge is 2.31. The average Bonchev–Trinajstić information content (AvgIpc) is 3.04. The Morgan fingerprint density at radius 1 is 1.20 bits per heavy atom. The third-order valence-corrected chi connectivity index (χ3v) is 5.11. The molecule has 0 saturated heterocycles. The minimum Gasteiger partial charge on any atom is -0.410 e. The lowest BCUT2D eigenvalue weighted by atomic mass is 9.96. The van der Waals surface area contributed by atoms with E-state index in [1.807, 2.05) is 0 Å². The zero-order valence-electron chi connectivity index (χ0n) is 15.9. The summed E-state index contributed by atoms with van der Waals surface area (Å²) >= 11 is 3.41. The largest absolute Gasteiger partial charge is 0.416 e. The summed E-state index contributed by atoms with van der Waals surface area (Å²) in [6.07, 6.45) is -4.19. The number of hydrogen-bond donors (Lipinski definition) is 1. The average molecular weight is 484 g/mol. The molecule has 0 aliphatic carbocycles. The summed E-state index contributed by atoms with van der Waals surface area (Å²) in [5.41, 5.74) is 0.0787. The first-order valence-electron chi connectivity index (χ1n) is 8.74. The Morgan fingerprint density at radius 3 is 2.47 bits per heavy atom. The Bertz CT molecular complexity index is 1170. The number of aryl methyl sites for hydroxylation is 1. The fraction of sp³-hybridized carbons (Fsp3) is 0.211. The maximum absolute atomic E-state index is 13.2. The topological polar surface area (TPSA) is 88.0 Å². The van der Waals surface area contributed by atoms with Gasteiger partial charge in [-0.3, -0.25) is 0 Å². The summed E-state index contributed by atoms with van der Waals surface area (Å²) in [5, 5.41) is 7.54. The second-order valence-electron chi connectivity index (χ2n) is 6.29. The quantitative estimate of drug-likeness (QED) is 0.337. The molecule has 0 fully saturated rings. The summed E-state index contributed by atoms with van der Waals surface area (Å²) < 4.78 is 42.2. The van der Waals surface area contributed by atoms with Crippen molar-refractivity contribution in [1.82, 2.24) is 19.8 Å². The number of nitrogens with two attached hydrogens (primary N) is 1. The van der Waals surface area contributed by atoms with Gasteiger partial charge in [-0.1, -0.05) is 25.1 Å². The van der Waals surface area contributed by atoms with Crippen molar-refractivity contribution in [2.75, 3.05) is 0 Å². The number of hydrogen-bond acceptors (Lipinski definition) is 5.